The Balaban J connectivity index is 1.96. The first-order valence-corrected chi connectivity index (χ1v) is 9.39. The summed E-state index contributed by atoms with van der Waals surface area (Å²) in [6.45, 7) is 3.22. The zero-order chi connectivity index (χ0) is 13.2. The topological polar surface area (TPSA) is 12.0 Å². The van der Waals surface area contributed by atoms with Crippen molar-refractivity contribution >= 4 is 38.6 Å². The summed E-state index contributed by atoms with van der Waals surface area (Å²) in [7, 11) is 0. The van der Waals surface area contributed by atoms with Crippen molar-refractivity contribution in [2.75, 3.05) is 6.54 Å². The zero-order valence-corrected chi connectivity index (χ0v) is 14.2. The molecule has 0 aromatic carbocycles. The van der Waals surface area contributed by atoms with Gasteiger partial charge in [0, 0.05) is 26.2 Å². The molecule has 1 N–H and O–H groups in total. The minimum atomic E-state index is 0.452. The molecule has 0 saturated carbocycles. The van der Waals surface area contributed by atoms with Crippen LogP contribution in [0.5, 0.6) is 0 Å². The Kier molecular flexibility index (Phi) is 4.42. The quantitative estimate of drug-likeness (QED) is 0.779. The van der Waals surface area contributed by atoms with Crippen molar-refractivity contribution < 1.29 is 0 Å². The molecule has 2 aromatic rings. The second-order valence-corrected chi connectivity index (χ2v) is 7.77. The molecule has 102 valence electrons. The Morgan fingerprint density at radius 2 is 2.21 bits per heavy atom. The number of halogens is 1. The van der Waals surface area contributed by atoms with Gasteiger partial charge in [-0.3, -0.25) is 0 Å². The number of hydrogen-bond donors (Lipinski definition) is 1. The van der Waals surface area contributed by atoms with Crippen LogP contribution in [-0.2, 0) is 6.42 Å². The van der Waals surface area contributed by atoms with Crippen LogP contribution >= 0.6 is 38.6 Å². The molecule has 3 rings (SSSR count). The zero-order valence-electron chi connectivity index (χ0n) is 11.0. The summed E-state index contributed by atoms with van der Waals surface area (Å²) in [5.41, 5.74) is 1.59. The molecule has 1 aliphatic carbocycles. The molecule has 2 heterocycles. The van der Waals surface area contributed by atoms with Crippen molar-refractivity contribution in [3.8, 4) is 0 Å². The van der Waals surface area contributed by atoms with Gasteiger partial charge < -0.3 is 5.32 Å². The molecule has 0 amide bonds. The number of nitrogens with one attached hydrogen (secondary N) is 1. The molecule has 0 radical (unpaired) electrons. The van der Waals surface area contributed by atoms with Gasteiger partial charge in [0.2, 0.25) is 0 Å². The highest BCUT2D eigenvalue weighted by atomic mass is 79.9. The van der Waals surface area contributed by atoms with Crippen LogP contribution in [-0.4, -0.2) is 6.54 Å². The van der Waals surface area contributed by atoms with E-state index in [4.69, 9.17) is 0 Å². The van der Waals surface area contributed by atoms with E-state index in [-0.39, 0.29) is 0 Å². The summed E-state index contributed by atoms with van der Waals surface area (Å²) in [6, 6.07) is 4.96. The van der Waals surface area contributed by atoms with Crippen LogP contribution in [0, 0.1) is 0 Å². The minimum Gasteiger partial charge on any atom is -0.309 e. The predicted octanol–water partition coefficient (Wildman–Crippen LogP) is 5.34. The largest absolute Gasteiger partial charge is 0.309 e. The third-order valence-electron chi connectivity index (χ3n) is 3.85. The molecule has 0 bridgehead atoms. The number of likely N-dealkylation sites (N-methyl/N-ethyl adjacent to an activating group) is 1. The second kappa shape index (κ2) is 6.08. The fourth-order valence-corrected chi connectivity index (χ4v) is 5.79. The summed E-state index contributed by atoms with van der Waals surface area (Å²) in [5, 5.41) is 8.15. The van der Waals surface area contributed by atoms with E-state index < -0.39 is 0 Å². The first-order chi connectivity index (χ1) is 9.31. The summed E-state index contributed by atoms with van der Waals surface area (Å²) in [4.78, 5) is 3.05. The smallest absolute Gasteiger partial charge is 0.0496 e. The molecular weight excluding hydrogens is 338 g/mol. The number of aryl methyl sites for hydroxylation is 1. The van der Waals surface area contributed by atoms with E-state index in [0.717, 1.165) is 6.54 Å². The fraction of sp³-hybridized carbons (Fsp3) is 0.467. The van der Waals surface area contributed by atoms with E-state index in [2.05, 4.69) is 51.1 Å². The van der Waals surface area contributed by atoms with Crippen molar-refractivity contribution in [1.29, 1.82) is 0 Å². The molecule has 0 spiro atoms. The van der Waals surface area contributed by atoms with Gasteiger partial charge in [0.1, 0.15) is 0 Å². The Hall–Kier alpha value is -0.160. The molecule has 4 heteroatoms. The monoisotopic (exact) mass is 355 g/mol. The first-order valence-electron chi connectivity index (χ1n) is 6.83. The van der Waals surface area contributed by atoms with Crippen LogP contribution in [0.2, 0.25) is 0 Å². The second-order valence-electron chi connectivity index (χ2n) is 4.97. The van der Waals surface area contributed by atoms with Crippen molar-refractivity contribution in [3.05, 3.63) is 42.7 Å². The minimum absolute atomic E-state index is 0.452. The van der Waals surface area contributed by atoms with Gasteiger partial charge in [0.25, 0.3) is 0 Å². The lowest BCUT2D eigenvalue weighted by Crippen LogP contribution is -2.28. The molecular formula is C15H18BrNS2. The van der Waals surface area contributed by atoms with Crippen LogP contribution in [0.4, 0.5) is 0 Å². The Morgan fingerprint density at radius 1 is 1.37 bits per heavy atom. The van der Waals surface area contributed by atoms with Crippen molar-refractivity contribution in [1.82, 2.24) is 5.32 Å². The highest BCUT2D eigenvalue weighted by Gasteiger charge is 2.30. The highest BCUT2D eigenvalue weighted by molar-refractivity contribution is 9.10. The third kappa shape index (κ3) is 2.68. The average Bonchev–Trinajstić information content (AvgIpc) is 3.04. The van der Waals surface area contributed by atoms with Crippen molar-refractivity contribution in [2.24, 2.45) is 0 Å². The van der Waals surface area contributed by atoms with Crippen LogP contribution in [0.25, 0.3) is 0 Å². The van der Waals surface area contributed by atoms with Crippen LogP contribution in [0.15, 0.2) is 27.4 Å². The van der Waals surface area contributed by atoms with Gasteiger partial charge in [0.15, 0.2) is 0 Å². The van der Waals surface area contributed by atoms with Crippen LogP contribution < -0.4 is 5.32 Å². The van der Waals surface area contributed by atoms with Gasteiger partial charge in [0.05, 0.1) is 0 Å². The van der Waals surface area contributed by atoms with Gasteiger partial charge in [-0.1, -0.05) is 6.92 Å². The maximum Gasteiger partial charge on any atom is 0.0496 e. The first kappa shape index (κ1) is 13.8. The molecule has 0 fully saturated rings. The summed E-state index contributed by atoms with van der Waals surface area (Å²) >= 11 is 7.50. The van der Waals surface area contributed by atoms with Gasteiger partial charge in [-0.25, -0.2) is 0 Å². The molecule has 2 aromatic heterocycles. The lowest BCUT2D eigenvalue weighted by Gasteiger charge is -2.31. The molecule has 19 heavy (non-hydrogen) atoms. The van der Waals surface area contributed by atoms with Gasteiger partial charge in [-0.15, -0.1) is 22.7 Å². The molecule has 0 aliphatic heterocycles. The number of hydrogen-bond acceptors (Lipinski definition) is 3. The van der Waals surface area contributed by atoms with Crippen LogP contribution in [0.1, 0.15) is 47.0 Å². The van der Waals surface area contributed by atoms with E-state index in [9.17, 15) is 0 Å². The molecule has 0 saturated heterocycles. The maximum absolute atomic E-state index is 3.71. The van der Waals surface area contributed by atoms with E-state index in [1.54, 1.807) is 10.4 Å². The van der Waals surface area contributed by atoms with Crippen LogP contribution in [0.3, 0.4) is 0 Å². The Labute approximate surface area is 131 Å². The van der Waals surface area contributed by atoms with E-state index >= 15 is 0 Å². The normalized spacial score (nSPS) is 20.2. The van der Waals surface area contributed by atoms with Gasteiger partial charge >= 0.3 is 0 Å². The SMILES string of the molecule is CCNC(c1sccc1Br)C1CCCc2sccc21. The maximum atomic E-state index is 3.71. The molecule has 2 unspecified atom stereocenters. The molecule has 1 nitrogen and oxygen atoms in total. The Bertz CT molecular complexity index is 546. The lowest BCUT2D eigenvalue weighted by atomic mass is 9.82. The number of rotatable bonds is 4. The van der Waals surface area contributed by atoms with Crippen molar-refractivity contribution in [2.45, 2.75) is 38.1 Å². The highest BCUT2D eigenvalue weighted by Crippen LogP contribution is 2.45. The van der Waals surface area contributed by atoms with E-state index in [0.29, 0.717) is 12.0 Å². The third-order valence-corrected chi connectivity index (χ3v) is 6.80. The fourth-order valence-electron chi connectivity index (χ4n) is 3.03. The predicted molar refractivity (Wildman–Crippen MR) is 88.4 cm³/mol. The molecule has 1 aliphatic rings. The molecule has 2 atom stereocenters. The lowest BCUT2D eigenvalue weighted by molar-refractivity contribution is 0.415. The van der Waals surface area contributed by atoms with E-state index in [1.165, 1.54) is 28.6 Å². The summed E-state index contributed by atoms with van der Waals surface area (Å²) in [6.07, 6.45) is 3.89. The standard InChI is InChI=1S/C15H18BrNS2/c1-2-17-14(15-12(16)7-9-19-15)11-4-3-5-13-10(11)6-8-18-13/h6-9,11,14,17H,2-5H2,1H3. The Morgan fingerprint density at radius 3 is 2.95 bits per heavy atom. The number of thiophene rings is 2. The van der Waals surface area contributed by atoms with E-state index in [1.807, 2.05) is 22.7 Å². The van der Waals surface area contributed by atoms with Crippen molar-refractivity contribution in [3.63, 3.8) is 0 Å². The number of fused-ring (bicyclic) bond motifs is 1. The summed E-state index contributed by atoms with van der Waals surface area (Å²) < 4.78 is 1.26. The summed E-state index contributed by atoms with van der Waals surface area (Å²) in [5.74, 6) is 0.630. The van der Waals surface area contributed by atoms with Gasteiger partial charge in [-0.2, -0.15) is 0 Å². The van der Waals surface area contributed by atoms with Gasteiger partial charge in [-0.05, 0) is 70.2 Å². The average molecular weight is 356 g/mol.